The lowest BCUT2D eigenvalue weighted by Gasteiger charge is -2.01. The van der Waals surface area contributed by atoms with E-state index >= 15 is 0 Å². The monoisotopic (exact) mass is 249 g/mol. The van der Waals surface area contributed by atoms with Crippen molar-refractivity contribution in [2.24, 2.45) is 0 Å². The molecule has 0 radical (unpaired) electrons. The molecule has 0 saturated carbocycles. The van der Waals surface area contributed by atoms with Crippen LogP contribution in [0.5, 0.6) is 0 Å². The van der Waals surface area contributed by atoms with E-state index in [0.717, 1.165) is 10.6 Å². The van der Waals surface area contributed by atoms with Crippen LogP contribution in [0.25, 0.3) is 0 Å². The first kappa shape index (κ1) is 11.7. The van der Waals surface area contributed by atoms with Gasteiger partial charge in [0.05, 0.1) is 11.3 Å². The molecule has 0 aliphatic rings. The van der Waals surface area contributed by atoms with E-state index in [0.29, 0.717) is 18.7 Å². The summed E-state index contributed by atoms with van der Waals surface area (Å²) in [5.41, 5.74) is 1.25. The van der Waals surface area contributed by atoms with Crippen LogP contribution >= 0.6 is 11.3 Å². The highest BCUT2D eigenvalue weighted by molar-refractivity contribution is 7.10. The van der Waals surface area contributed by atoms with Gasteiger partial charge in [-0.05, 0) is 12.1 Å². The van der Waals surface area contributed by atoms with Gasteiger partial charge in [0.2, 0.25) is 0 Å². The predicted molar refractivity (Wildman–Crippen MR) is 63.9 cm³/mol. The molecule has 0 unspecified atom stereocenters. The number of nitrogens with one attached hydrogen (secondary N) is 1. The molecule has 0 bridgehead atoms. The summed E-state index contributed by atoms with van der Waals surface area (Å²) in [6, 6.07) is 3.52. The number of carbonyl (C=O) groups is 1. The molecule has 2 rings (SSSR count). The first-order valence-electron chi connectivity index (χ1n) is 5.02. The second-order valence-corrected chi connectivity index (χ2v) is 4.41. The lowest BCUT2D eigenvalue weighted by molar-refractivity contribution is 0.0697. The zero-order chi connectivity index (χ0) is 12.1. The molecule has 0 saturated heterocycles. The van der Waals surface area contributed by atoms with Gasteiger partial charge < -0.3 is 10.4 Å². The zero-order valence-corrected chi connectivity index (χ0v) is 9.78. The quantitative estimate of drug-likeness (QED) is 0.840. The van der Waals surface area contributed by atoms with Crippen LogP contribution in [0.15, 0.2) is 30.0 Å². The number of carboxylic acids is 1. The van der Waals surface area contributed by atoms with E-state index in [9.17, 15) is 4.79 Å². The lowest BCUT2D eigenvalue weighted by atomic mass is 10.3. The molecule has 0 fully saturated rings. The van der Waals surface area contributed by atoms with E-state index in [4.69, 9.17) is 5.11 Å². The minimum atomic E-state index is -0.886. The normalized spacial score (nSPS) is 10.4. The third kappa shape index (κ3) is 3.33. The minimum Gasteiger partial charge on any atom is -0.478 e. The molecule has 2 heterocycles. The summed E-state index contributed by atoms with van der Waals surface area (Å²) < 4.78 is 0. The van der Waals surface area contributed by atoms with Crippen molar-refractivity contribution in [3.05, 3.63) is 46.2 Å². The summed E-state index contributed by atoms with van der Waals surface area (Å²) in [7, 11) is 0. The van der Waals surface area contributed by atoms with Gasteiger partial charge in [-0.15, -0.1) is 11.3 Å². The fraction of sp³-hybridized carbons (Fsp3) is 0.182. The molecule has 2 N–H and O–H groups in total. The fourth-order valence-corrected chi connectivity index (χ4v) is 2.15. The summed E-state index contributed by atoms with van der Waals surface area (Å²) in [5.74, 6) is -0.886. The number of rotatable bonds is 5. The minimum absolute atomic E-state index is 0.342. The molecule has 2 aromatic heterocycles. The maximum atomic E-state index is 10.7. The number of aromatic carboxylic acids is 1. The molecule has 2 aromatic rings. The number of hydrogen-bond acceptors (Lipinski definition) is 5. The molecule has 17 heavy (non-hydrogen) atoms. The van der Waals surface area contributed by atoms with Crippen molar-refractivity contribution < 1.29 is 9.90 Å². The smallest absolute Gasteiger partial charge is 0.336 e. The fourth-order valence-electron chi connectivity index (χ4n) is 1.32. The van der Waals surface area contributed by atoms with E-state index in [1.165, 1.54) is 17.7 Å². The summed E-state index contributed by atoms with van der Waals surface area (Å²) in [6.07, 6.45) is 3.20. The zero-order valence-electron chi connectivity index (χ0n) is 8.96. The van der Waals surface area contributed by atoms with Gasteiger partial charge in [0.1, 0.15) is 6.33 Å². The van der Waals surface area contributed by atoms with Gasteiger partial charge in [0.15, 0.2) is 0 Å². The summed E-state index contributed by atoms with van der Waals surface area (Å²) in [4.78, 5) is 19.6. The van der Waals surface area contributed by atoms with Gasteiger partial charge in [-0.3, -0.25) is 0 Å². The van der Waals surface area contributed by atoms with Gasteiger partial charge in [-0.2, -0.15) is 0 Å². The second-order valence-electron chi connectivity index (χ2n) is 3.41. The van der Waals surface area contributed by atoms with Gasteiger partial charge >= 0.3 is 5.97 Å². The Kier molecular flexibility index (Phi) is 3.79. The van der Waals surface area contributed by atoms with Crippen molar-refractivity contribution in [2.45, 2.75) is 13.1 Å². The van der Waals surface area contributed by atoms with Crippen molar-refractivity contribution >= 4 is 17.3 Å². The number of hydrogen-bond donors (Lipinski definition) is 2. The first-order chi connectivity index (χ1) is 8.25. The van der Waals surface area contributed by atoms with Gasteiger partial charge in [-0.25, -0.2) is 14.8 Å². The largest absolute Gasteiger partial charge is 0.478 e. The highest BCUT2D eigenvalue weighted by Gasteiger charge is 2.05. The van der Waals surface area contributed by atoms with Crippen LogP contribution in [0.2, 0.25) is 0 Å². The summed E-state index contributed by atoms with van der Waals surface area (Å²) in [6.45, 7) is 1.28. The lowest BCUT2D eigenvalue weighted by Crippen LogP contribution is -2.12. The Bertz CT molecular complexity index is 498. The van der Waals surface area contributed by atoms with Gasteiger partial charge in [-0.1, -0.05) is 0 Å². The number of thiophene rings is 1. The molecule has 0 aromatic carbocycles. The third-order valence-corrected chi connectivity index (χ3v) is 3.09. The summed E-state index contributed by atoms with van der Waals surface area (Å²) >= 11 is 1.44. The highest BCUT2D eigenvalue weighted by Crippen LogP contribution is 2.14. The van der Waals surface area contributed by atoms with Crippen LogP contribution < -0.4 is 5.32 Å². The highest BCUT2D eigenvalue weighted by atomic mass is 32.1. The van der Waals surface area contributed by atoms with Crippen LogP contribution in [-0.4, -0.2) is 21.0 Å². The molecule has 88 valence electrons. The van der Waals surface area contributed by atoms with Gasteiger partial charge in [0, 0.05) is 29.5 Å². The van der Waals surface area contributed by atoms with Crippen molar-refractivity contribution in [1.29, 1.82) is 0 Å². The average molecular weight is 249 g/mol. The van der Waals surface area contributed by atoms with Crippen molar-refractivity contribution in [3.63, 3.8) is 0 Å². The van der Waals surface area contributed by atoms with E-state index < -0.39 is 5.97 Å². The van der Waals surface area contributed by atoms with Crippen LogP contribution in [0.3, 0.4) is 0 Å². The molecule has 0 amide bonds. The average Bonchev–Trinajstić information content (AvgIpc) is 2.79. The van der Waals surface area contributed by atoms with Gasteiger partial charge in [0.25, 0.3) is 0 Å². The SMILES string of the molecule is O=C(O)c1csc(CNCc2ccncn2)c1. The standard InChI is InChI=1S/C11H11N3O2S/c15-11(16)8-3-10(17-6-8)5-13-4-9-1-2-12-7-14-9/h1-3,6-7,13H,4-5H2,(H,15,16). The summed E-state index contributed by atoms with van der Waals surface area (Å²) in [5, 5.41) is 13.6. The molecule has 0 aliphatic heterocycles. The van der Waals surface area contributed by atoms with Crippen LogP contribution in [0.4, 0.5) is 0 Å². The van der Waals surface area contributed by atoms with Crippen molar-refractivity contribution in [2.75, 3.05) is 0 Å². The molecule has 0 aliphatic carbocycles. The number of carboxylic acid groups (broad SMARTS) is 1. The number of aromatic nitrogens is 2. The van der Waals surface area contributed by atoms with Crippen molar-refractivity contribution in [3.8, 4) is 0 Å². The van der Waals surface area contributed by atoms with E-state index in [1.807, 2.05) is 6.07 Å². The molecule has 6 heteroatoms. The van der Waals surface area contributed by atoms with Crippen LogP contribution in [0, 0.1) is 0 Å². The Morgan fingerprint density at radius 2 is 2.35 bits per heavy atom. The topological polar surface area (TPSA) is 75.1 Å². The Morgan fingerprint density at radius 3 is 3.00 bits per heavy atom. The maximum absolute atomic E-state index is 10.7. The molecule has 0 atom stereocenters. The number of nitrogens with zero attached hydrogens (tertiary/aromatic N) is 2. The molecule has 0 spiro atoms. The maximum Gasteiger partial charge on any atom is 0.336 e. The molecule has 5 nitrogen and oxygen atoms in total. The Labute approximate surface area is 102 Å². The van der Waals surface area contributed by atoms with E-state index in [1.54, 1.807) is 17.6 Å². The van der Waals surface area contributed by atoms with Crippen LogP contribution in [0.1, 0.15) is 20.9 Å². The second kappa shape index (κ2) is 5.51. The van der Waals surface area contributed by atoms with E-state index in [2.05, 4.69) is 15.3 Å². The van der Waals surface area contributed by atoms with Crippen LogP contribution in [-0.2, 0) is 13.1 Å². The predicted octanol–water partition coefficient (Wildman–Crippen LogP) is 1.53. The molecular formula is C11H11N3O2S. The Morgan fingerprint density at radius 1 is 1.47 bits per heavy atom. The Hall–Kier alpha value is -1.79. The first-order valence-corrected chi connectivity index (χ1v) is 5.90. The van der Waals surface area contributed by atoms with Crippen molar-refractivity contribution in [1.82, 2.24) is 15.3 Å². The third-order valence-electron chi connectivity index (χ3n) is 2.15. The van der Waals surface area contributed by atoms with E-state index in [-0.39, 0.29) is 0 Å². The Balaban J connectivity index is 1.84. The molecular weight excluding hydrogens is 238 g/mol.